The Balaban J connectivity index is 3.17. The summed E-state index contributed by atoms with van der Waals surface area (Å²) in [4.78, 5) is 11.2. The van der Waals surface area contributed by atoms with Crippen LogP contribution in [0, 0.1) is 11.8 Å². The molecule has 0 aliphatic rings. The maximum atomic E-state index is 11.2. The highest BCUT2D eigenvalue weighted by Gasteiger charge is 2.11. The molecule has 114 valence electrons. The number of esters is 1. The lowest BCUT2D eigenvalue weighted by Gasteiger charge is -2.08. The molecule has 0 saturated heterocycles. The van der Waals surface area contributed by atoms with Crippen molar-refractivity contribution in [3.05, 3.63) is 0 Å². The van der Waals surface area contributed by atoms with Crippen LogP contribution in [0.15, 0.2) is 0 Å². The standard InChI is InChI=1S/C17H34O2/c1-15(2)13-11-9-7-5-6-8-10-12-14-16(3)17(18)19-4/h15-16H,5-14H2,1-4H3/t16-/m0/s1. The fourth-order valence-electron chi connectivity index (χ4n) is 2.38. The Morgan fingerprint density at radius 1 is 0.789 bits per heavy atom. The first-order chi connectivity index (χ1) is 9.07. The van der Waals surface area contributed by atoms with E-state index in [2.05, 4.69) is 13.8 Å². The van der Waals surface area contributed by atoms with E-state index < -0.39 is 0 Å². The number of unbranched alkanes of at least 4 members (excludes halogenated alkanes) is 7. The van der Waals surface area contributed by atoms with Gasteiger partial charge in [0.15, 0.2) is 0 Å². The van der Waals surface area contributed by atoms with E-state index in [1.807, 2.05) is 6.92 Å². The minimum absolute atomic E-state index is 0.0647. The first kappa shape index (κ1) is 18.5. The monoisotopic (exact) mass is 270 g/mol. The Morgan fingerprint density at radius 3 is 1.63 bits per heavy atom. The first-order valence-corrected chi connectivity index (χ1v) is 8.15. The van der Waals surface area contributed by atoms with Gasteiger partial charge in [-0.3, -0.25) is 4.79 Å². The fourth-order valence-corrected chi connectivity index (χ4v) is 2.38. The van der Waals surface area contributed by atoms with E-state index >= 15 is 0 Å². The van der Waals surface area contributed by atoms with Crippen LogP contribution in [-0.2, 0) is 9.53 Å². The van der Waals surface area contributed by atoms with Gasteiger partial charge in [-0.15, -0.1) is 0 Å². The third-order valence-corrected chi connectivity index (χ3v) is 3.77. The molecule has 2 heteroatoms. The van der Waals surface area contributed by atoms with Crippen LogP contribution >= 0.6 is 0 Å². The molecule has 19 heavy (non-hydrogen) atoms. The van der Waals surface area contributed by atoms with E-state index in [0.29, 0.717) is 0 Å². The quantitative estimate of drug-likeness (QED) is 0.353. The molecule has 0 amide bonds. The number of carbonyl (C=O) groups excluding carboxylic acids is 1. The molecule has 0 heterocycles. The number of hydrogen-bond donors (Lipinski definition) is 0. The van der Waals surface area contributed by atoms with E-state index in [1.165, 1.54) is 58.5 Å². The van der Waals surface area contributed by atoms with Gasteiger partial charge in [0.1, 0.15) is 0 Å². The van der Waals surface area contributed by atoms with Gasteiger partial charge in [-0.05, 0) is 12.3 Å². The van der Waals surface area contributed by atoms with Gasteiger partial charge < -0.3 is 4.74 Å². The van der Waals surface area contributed by atoms with Crippen LogP contribution in [0.1, 0.15) is 85.0 Å². The molecule has 0 radical (unpaired) electrons. The SMILES string of the molecule is COC(=O)[C@@H](C)CCCCCCCCCCC(C)C. The number of carbonyl (C=O) groups is 1. The van der Waals surface area contributed by atoms with Crippen LogP contribution in [0.3, 0.4) is 0 Å². The van der Waals surface area contributed by atoms with Gasteiger partial charge in [0.05, 0.1) is 13.0 Å². The zero-order valence-electron chi connectivity index (χ0n) is 13.5. The molecular formula is C17H34O2. The second-order valence-electron chi connectivity index (χ2n) is 6.22. The van der Waals surface area contributed by atoms with Gasteiger partial charge >= 0.3 is 5.97 Å². The molecule has 0 saturated carbocycles. The summed E-state index contributed by atoms with van der Waals surface area (Å²) < 4.78 is 4.72. The van der Waals surface area contributed by atoms with Crippen LogP contribution in [0.25, 0.3) is 0 Å². The van der Waals surface area contributed by atoms with Crippen molar-refractivity contribution < 1.29 is 9.53 Å². The lowest BCUT2D eigenvalue weighted by atomic mass is 10.0. The summed E-state index contributed by atoms with van der Waals surface area (Å²) >= 11 is 0. The summed E-state index contributed by atoms with van der Waals surface area (Å²) in [7, 11) is 1.47. The number of ether oxygens (including phenoxy) is 1. The Kier molecular flexibility index (Phi) is 12.2. The second-order valence-corrected chi connectivity index (χ2v) is 6.22. The van der Waals surface area contributed by atoms with Gasteiger partial charge in [-0.2, -0.15) is 0 Å². The van der Waals surface area contributed by atoms with Crippen LogP contribution in [0.4, 0.5) is 0 Å². The van der Waals surface area contributed by atoms with E-state index in [4.69, 9.17) is 4.74 Å². The normalized spacial score (nSPS) is 12.7. The Bertz CT molecular complexity index is 211. The van der Waals surface area contributed by atoms with E-state index in [9.17, 15) is 4.79 Å². The molecule has 0 aliphatic carbocycles. The molecule has 0 aromatic rings. The molecule has 0 unspecified atom stereocenters. The fraction of sp³-hybridized carbons (Fsp3) is 0.941. The average molecular weight is 270 g/mol. The zero-order chi connectivity index (χ0) is 14.5. The Morgan fingerprint density at radius 2 is 1.21 bits per heavy atom. The van der Waals surface area contributed by atoms with Crippen LogP contribution < -0.4 is 0 Å². The molecule has 0 rings (SSSR count). The van der Waals surface area contributed by atoms with Crippen molar-refractivity contribution in [1.82, 2.24) is 0 Å². The molecule has 0 spiro atoms. The summed E-state index contributed by atoms with van der Waals surface area (Å²) in [5, 5.41) is 0. The maximum Gasteiger partial charge on any atom is 0.308 e. The summed E-state index contributed by atoms with van der Waals surface area (Å²) in [6.45, 7) is 6.56. The Labute approximate surface area is 120 Å². The largest absolute Gasteiger partial charge is 0.469 e. The van der Waals surface area contributed by atoms with Gasteiger partial charge in [0, 0.05) is 0 Å². The predicted octanol–water partition coefficient (Wildman–Crippen LogP) is 5.35. The summed E-state index contributed by atoms with van der Waals surface area (Å²) in [6.07, 6.45) is 13.0. The van der Waals surface area contributed by atoms with E-state index in [1.54, 1.807) is 0 Å². The molecule has 0 aromatic carbocycles. The van der Waals surface area contributed by atoms with Crippen molar-refractivity contribution >= 4 is 5.97 Å². The minimum Gasteiger partial charge on any atom is -0.469 e. The summed E-state index contributed by atoms with van der Waals surface area (Å²) in [5.74, 6) is 0.864. The van der Waals surface area contributed by atoms with Crippen molar-refractivity contribution in [1.29, 1.82) is 0 Å². The van der Waals surface area contributed by atoms with Crippen LogP contribution in [0.2, 0.25) is 0 Å². The predicted molar refractivity (Wildman–Crippen MR) is 82.2 cm³/mol. The highest BCUT2D eigenvalue weighted by atomic mass is 16.5. The zero-order valence-corrected chi connectivity index (χ0v) is 13.5. The van der Waals surface area contributed by atoms with Gasteiger partial charge in [0.25, 0.3) is 0 Å². The van der Waals surface area contributed by atoms with Crippen molar-refractivity contribution in [3.8, 4) is 0 Å². The lowest BCUT2D eigenvalue weighted by Crippen LogP contribution is -2.12. The summed E-state index contributed by atoms with van der Waals surface area (Å²) in [6, 6.07) is 0. The molecule has 0 bridgehead atoms. The van der Waals surface area contributed by atoms with Crippen molar-refractivity contribution in [2.45, 2.75) is 85.0 Å². The average Bonchev–Trinajstić information content (AvgIpc) is 2.39. The number of hydrogen-bond acceptors (Lipinski definition) is 2. The van der Waals surface area contributed by atoms with Crippen molar-refractivity contribution in [3.63, 3.8) is 0 Å². The topological polar surface area (TPSA) is 26.3 Å². The summed E-state index contributed by atoms with van der Waals surface area (Å²) in [5.41, 5.74) is 0. The minimum atomic E-state index is -0.0647. The molecule has 0 aromatic heterocycles. The molecule has 2 nitrogen and oxygen atoms in total. The number of rotatable bonds is 12. The van der Waals surface area contributed by atoms with E-state index in [-0.39, 0.29) is 11.9 Å². The van der Waals surface area contributed by atoms with Gasteiger partial charge in [-0.1, -0.05) is 78.6 Å². The van der Waals surface area contributed by atoms with E-state index in [0.717, 1.165) is 18.8 Å². The lowest BCUT2D eigenvalue weighted by molar-refractivity contribution is -0.145. The molecule has 1 atom stereocenters. The number of methoxy groups -OCH3 is 1. The third kappa shape index (κ3) is 12.3. The molecule has 0 fully saturated rings. The molecule has 0 aliphatic heterocycles. The first-order valence-electron chi connectivity index (χ1n) is 8.15. The maximum absolute atomic E-state index is 11.2. The highest BCUT2D eigenvalue weighted by molar-refractivity contribution is 5.71. The third-order valence-electron chi connectivity index (χ3n) is 3.77. The van der Waals surface area contributed by atoms with Crippen molar-refractivity contribution in [2.24, 2.45) is 11.8 Å². The molecular weight excluding hydrogens is 236 g/mol. The van der Waals surface area contributed by atoms with Gasteiger partial charge in [-0.25, -0.2) is 0 Å². The molecule has 0 N–H and O–H groups in total. The van der Waals surface area contributed by atoms with Gasteiger partial charge in [0.2, 0.25) is 0 Å². The van der Waals surface area contributed by atoms with Crippen LogP contribution in [0.5, 0.6) is 0 Å². The highest BCUT2D eigenvalue weighted by Crippen LogP contribution is 2.15. The second kappa shape index (κ2) is 12.5. The van der Waals surface area contributed by atoms with Crippen molar-refractivity contribution in [2.75, 3.05) is 7.11 Å². The van der Waals surface area contributed by atoms with Crippen LogP contribution in [-0.4, -0.2) is 13.1 Å². The Hall–Kier alpha value is -0.530. The smallest absolute Gasteiger partial charge is 0.308 e.